The van der Waals surface area contributed by atoms with Crippen molar-refractivity contribution in [1.29, 1.82) is 0 Å². The van der Waals surface area contributed by atoms with Crippen LogP contribution in [0.5, 0.6) is 11.5 Å². The number of hydrogen-bond acceptors (Lipinski definition) is 6. The SMILES string of the molecule is COc1cc(C2C3=C(CCCC3=O)Nc3ncnn32)ccc1O. The number of methoxy groups -OCH3 is 1. The van der Waals surface area contributed by atoms with E-state index in [0.29, 0.717) is 18.1 Å². The first-order valence-electron chi connectivity index (χ1n) is 7.48. The number of fused-ring (bicyclic) bond motifs is 1. The number of Topliss-reactive ketones (excluding diaryl/α,β-unsaturated/α-hetero) is 1. The molecule has 1 aliphatic heterocycles. The van der Waals surface area contributed by atoms with Crippen molar-refractivity contribution < 1.29 is 14.6 Å². The third-order valence-electron chi connectivity index (χ3n) is 4.33. The minimum atomic E-state index is -0.356. The van der Waals surface area contributed by atoms with Crippen molar-refractivity contribution >= 4 is 11.7 Å². The number of rotatable bonds is 2. The highest BCUT2D eigenvalue weighted by molar-refractivity contribution is 5.99. The molecule has 2 N–H and O–H groups in total. The van der Waals surface area contributed by atoms with Gasteiger partial charge < -0.3 is 15.2 Å². The van der Waals surface area contributed by atoms with Crippen LogP contribution in [0.2, 0.25) is 0 Å². The van der Waals surface area contributed by atoms with Crippen molar-refractivity contribution in [3.63, 3.8) is 0 Å². The summed E-state index contributed by atoms with van der Waals surface area (Å²) in [5.41, 5.74) is 2.47. The second-order valence-electron chi connectivity index (χ2n) is 5.66. The van der Waals surface area contributed by atoms with Gasteiger partial charge in [-0.3, -0.25) is 4.79 Å². The lowest BCUT2D eigenvalue weighted by Gasteiger charge is -2.32. The number of phenolic OH excluding ortho intramolecular Hbond substituents is 1. The fourth-order valence-corrected chi connectivity index (χ4v) is 3.27. The molecule has 0 saturated heterocycles. The number of nitrogens with zero attached hydrogens (tertiary/aromatic N) is 3. The molecule has 4 rings (SSSR count). The Morgan fingerprint density at radius 3 is 3.09 bits per heavy atom. The average Bonchev–Trinajstić information content (AvgIpc) is 3.02. The molecule has 0 fully saturated rings. The van der Waals surface area contributed by atoms with Crippen LogP contribution in [0.4, 0.5) is 5.95 Å². The van der Waals surface area contributed by atoms with Crippen molar-refractivity contribution in [2.75, 3.05) is 12.4 Å². The van der Waals surface area contributed by atoms with Crippen LogP contribution in [0.1, 0.15) is 30.9 Å². The quantitative estimate of drug-likeness (QED) is 0.882. The maximum absolute atomic E-state index is 12.5. The first kappa shape index (κ1) is 13.8. The largest absolute Gasteiger partial charge is 0.504 e. The molecule has 1 aliphatic carbocycles. The van der Waals surface area contributed by atoms with Gasteiger partial charge in [0, 0.05) is 17.7 Å². The van der Waals surface area contributed by atoms with Crippen molar-refractivity contribution in [2.24, 2.45) is 0 Å². The molecule has 2 aromatic rings. The summed E-state index contributed by atoms with van der Waals surface area (Å²) in [6.07, 6.45) is 3.66. The molecule has 2 aliphatic rings. The fourth-order valence-electron chi connectivity index (χ4n) is 3.27. The van der Waals surface area contributed by atoms with E-state index in [1.165, 1.54) is 13.4 Å². The van der Waals surface area contributed by atoms with E-state index in [-0.39, 0.29) is 17.6 Å². The van der Waals surface area contributed by atoms with E-state index in [1.54, 1.807) is 22.9 Å². The monoisotopic (exact) mass is 312 g/mol. The summed E-state index contributed by atoms with van der Waals surface area (Å²) in [5.74, 6) is 1.17. The summed E-state index contributed by atoms with van der Waals surface area (Å²) in [4.78, 5) is 16.7. The summed E-state index contributed by atoms with van der Waals surface area (Å²) in [7, 11) is 1.50. The molecule has 7 nitrogen and oxygen atoms in total. The molecule has 2 heterocycles. The summed E-state index contributed by atoms with van der Waals surface area (Å²) < 4.78 is 6.90. The van der Waals surface area contributed by atoms with Crippen molar-refractivity contribution in [3.8, 4) is 11.5 Å². The molecule has 118 valence electrons. The highest BCUT2D eigenvalue weighted by Gasteiger charge is 2.36. The number of aromatic hydroxyl groups is 1. The topological polar surface area (TPSA) is 89.3 Å². The van der Waals surface area contributed by atoms with Crippen LogP contribution in [0.25, 0.3) is 0 Å². The minimum Gasteiger partial charge on any atom is -0.504 e. The standard InChI is InChI=1S/C16H16N4O3/c1-23-13-7-9(5-6-11(13)21)15-14-10(3-2-4-12(14)22)19-16-17-8-18-20(15)16/h5-8,15,21H,2-4H2,1H3,(H,17,18,19). The van der Waals surface area contributed by atoms with Gasteiger partial charge in [-0.15, -0.1) is 0 Å². The van der Waals surface area contributed by atoms with Gasteiger partial charge in [-0.05, 0) is 30.5 Å². The molecule has 0 amide bonds. The number of phenols is 1. The van der Waals surface area contributed by atoms with Crippen LogP contribution in [0.15, 0.2) is 35.8 Å². The van der Waals surface area contributed by atoms with E-state index in [1.807, 2.05) is 0 Å². The second kappa shape index (κ2) is 5.12. The Labute approximate surface area is 132 Å². The number of ether oxygens (including phenoxy) is 1. The maximum Gasteiger partial charge on any atom is 0.226 e. The number of hydrogen-bond donors (Lipinski definition) is 2. The number of anilines is 1. The molecule has 0 bridgehead atoms. The van der Waals surface area contributed by atoms with E-state index >= 15 is 0 Å². The van der Waals surface area contributed by atoms with Crippen LogP contribution in [-0.4, -0.2) is 32.8 Å². The lowest BCUT2D eigenvalue weighted by atomic mass is 9.85. The number of allylic oxidation sites excluding steroid dienone is 2. The van der Waals surface area contributed by atoms with Gasteiger partial charge in [0.25, 0.3) is 0 Å². The van der Waals surface area contributed by atoms with Gasteiger partial charge in [-0.2, -0.15) is 10.1 Å². The lowest BCUT2D eigenvalue weighted by Crippen LogP contribution is -2.31. The summed E-state index contributed by atoms with van der Waals surface area (Å²) >= 11 is 0. The Kier molecular flexibility index (Phi) is 3.07. The number of carbonyl (C=O) groups is 1. The van der Waals surface area contributed by atoms with Crippen LogP contribution in [0, 0.1) is 0 Å². The van der Waals surface area contributed by atoms with Crippen LogP contribution in [0.3, 0.4) is 0 Å². The molecular formula is C16H16N4O3. The Bertz CT molecular complexity index is 824. The van der Waals surface area contributed by atoms with E-state index in [0.717, 1.165) is 29.7 Å². The van der Waals surface area contributed by atoms with Gasteiger partial charge in [-0.25, -0.2) is 4.68 Å². The van der Waals surface area contributed by atoms with E-state index in [4.69, 9.17) is 4.74 Å². The zero-order valence-corrected chi connectivity index (χ0v) is 12.6. The molecule has 1 unspecified atom stereocenters. The fraction of sp³-hybridized carbons (Fsp3) is 0.312. The van der Waals surface area contributed by atoms with Crippen LogP contribution >= 0.6 is 0 Å². The molecule has 0 radical (unpaired) electrons. The minimum absolute atomic E-state index is 0.0631. The average molecular weight is 312 g/mol. The van der Waals surface area contributed by atoms with Gasteiger partial charge in [0.15, 0.2) is 17.3 Å². The zero-order valence-electron chi connectivity index (χ0n) is 12.6. The third-order valence-corrected chi connectivity index (χ3v) is 4.33. The normalized spacial score (nSPS) is 19.9. The molecule has 23 heavy (non-hydrogen) atoms. The lowest BCUT2D eigenvalue weighted by molar-refractivity contribution is -0.116. The first-order chi connectivity index (χ1) is 11.2. The predicted molar refractivity (Wildman–Crippen MR) is 82.3 cm³/mol. The van der Waals surface area contributed by atoms with Crippen molar-refractivity contribution in [1.82, 2.24) is 14.8 Å². The highest BCUT2D eigenvalue weighted by Crippen LogP contribution is 2.41. The number of aromatic nitrogens is 3. The highest BCUT2D eigenvalue weighted by atomic mass is 16.5. The maximum atomic E-state index is 12.5. The number of nitrogens with one attached hydrogen (secondary N) is 1. The Morgan fingerprint density at radius 1 is 1.39 bits per heavy atom. The predicted octanol–water partition coefficient (Wildman–Crippen LogP) is 2.01. The zero-order chi connectivity index (χ0) is 16.0. The van der Waals surface area contributed by atoms with Crippen LogP contribution in [-0.2, 0) is 4.79 Å². The third kappa shape index (κ3) is 2.08. The Balaban J connectivity index is 1.91. The van der Waals surface area contributed by atoms with E-state index in [9.17, 15) is 9.90 Å². The summed E-state index contributed by atoms with van der Waals surface area (Å²) in [5, 5.41) is 17.3. The van der Waals surface area contributed by atoms with Crippen molar-refractivity contribution in [3.05, 3.63) is 41.4 Å². The van der Waals surface area contributed by atoms with Gasteiger partial charge >= 0.3 is 0 Å². The Morgan fingerprint density at radius 2 is 2.26 bits per heavy atom. The molecule has 1 atom stereocenters. The van der Waals surface area contributed by atoms with Gasteiger partial charge in [-0.1, -0.05) is 6.07 Å². The molecule has 0 saturated carbocycles. The second-order valence-corrected chi connectivity index (χ2v) is 5.66. The van der Waals surface area contributed by atoms with Crippen molar-refractivity contribution in [2.45, 2.75) is 25.3 Å². The molecule has 0 spiro atoms. The molecular weight excluding hydrogens is 296 g/mol. The first-order valence-corrected chi connectivity index (χ1v) is 7.48. The summed E-state index contributed by atoms with van der Waals surface area (Å²) in [6, 6.07) is 4.74. The van der Waals surface area contributed by atoms with Gasteiger partial charge in [0.1, 0.15) is 12.4 Å². The van der Waals surface area contributed by atoms with E-state index < -0.39 is 0 Å². The Hall–Kier alpha value is -2.83. The molecule has 7 heteroatoms. The van der Waals surface area contributed by atoms with Crippen LogP contribution < -0.4 is 10.1 Å². The number of carbonyl (C=O) groups excluding carboxylic acids is 1. The van der Waals surface area contributed by atoms with Gasteiger partial charge in [0.05, 0.1) is 7.11 Å². The molecule has 1 aromatic carbocycles. The van der Waals surface area contributed by atoms with Gasteiger partial charge in [0.2, 0.25) is 5.95 Å². The number of benzene rings is 1. The number of ketones is 1. The molecule has 1 aromatic heterocycles. The summed E-state index contributed by atoms with van der Waals surface area (Å²) in [6.45, 7) is 0. The van der Waals surface area contributed by atoms with E-state index in [2.05, 4.69) is 15.4 Å². The smallest absolute Gasteiger partial charge is 0.226 e.